The molecule has 4 unspecified atom stereocenters. The summed E-state index contributed by atoms with van der Waals surface area (Å²) in [6, 6.07) is 0.164. The highest BCUT2D eigenvalue weighted by Gasteiger charge is 2.42. The van der Waals surface area contributed by atoms with E-state index in [0.717, 1.165) is 13.0 Å². The molecule has 0 aromatic rings. The third-order valence-electron chi connectivity index (χ3n) is 5.06. The number of carboxylic acid groups (broad SMARTS) is 1. The fourth-order valence-electron chi connectivity index (χ4n) is 3.74. The van der Waals surface area contributed by atoms with Crippen molar-refractivity contribution in [3.63, 3.8) is 0 Å². The summed E-state index contributed by atoms with van der Waals surface area (Å²) in [6.45, 7) is 5.50. The number of carboxylic acids is 1. The Morgan fingerprint density at radius 3 is 2.65 bits per heavy atom. The Labute approximate surface area is 120 Å². The van der Waals surface area contributed by atoms with Crippen molar-refractivity contribution in [2.45, 2.75) is 51.6 Å². The first-order chi connectivity index (χ1) is 9.41. The van der Waals surface area contributed by atoms with Gasteiger partial charge in [0.15, 0.2) is 0 Å². The molecule has 1 amide bonds. The minimum absolute atomic E-state index is 0.0738. The average Bonchev–Trinajstić information content (AvgIpc) is 2.35. The maximum Gasteiger partial charge on any atom is 0.308 e. The van der Waals surface area contributed by atoms with Gasteiger partial charge in [0.05, 0.1) is 5.92 Å². The molecule has 0 radical (unpaired) electrons. The van der Waals surface area contributed by atoms with E-state index in [1.807, 2.05) is 18.7 Å². The Hall–Kier alpha value is -1.10. The molecule has 1 N–H and O–H groups in total. The van der Waals surface area contributed by atoms with E-state index < -0.39 is 11.9 Å². The standard InChI is InChI=1S/C15H26N2O3/c1-10-8-13(18)17(11(2)14(10)15(19)20)9-12-6-4-5-7-16(12)3/h10-12,14H,4-9H2,1-3H3,(H,19,20). The summed E-state index contributed by atoms with van der Waals surface area (Å²) in [4.78, 5) is 27.8. The molecule has 0 aromatic carbocycles. The Morgan fingerprint density at radius 2 is 2.05 bits per heavy atom. The van der Waals surface area contributed by atoms with E-state index in [0.29, 0.717) is 19.0 Å². The van der Waals surface area contributed by atoms with E-state index in [1.165, 1.54) is 12.8 Å². The van der Waals surface area contributed by atoms with Gasteiger partial charge in [-0.2, -0.15) is 0 Å². The molecule has 0 aromatic heterocycles. The Bertz CT molecular complexity index is 385. The van der Waals surface area contributed by atoms with Gasteiger partial charge in [-0.15, -0.1) is 0 Å². The van der Waals surface area contributed by atoms with Crippen molar-refractivity contribution >= 4 is 11.9 Å². The average molecular weight is 282 g/mol. The van der Waals surface area contributed by atoms with Crippen molar-refractivity contribution in [1.82, 2.24) is 9.80 Å². The fraction of sp³-hybridized carbons (Fsp3) is 0.867. The number of rotatable bonds is 3. The maximum atomic E-state index is 12.3. The molecule has 2 fully saturated rings. The summed E-state index contributed by atoms with van der Waals surface area (Å²) in [6.07, 6.45) is 3.87. The third-order valence-corrected chi connectivity index (χ3v) is 5.06. The lowest BCUT2D eigenvalue weighted by atomic mass is 9.80. The molecule has 2 heterocycles. The van der Waals surface area contributed by atoms with E-state index in [1.54, 1.807) is 0 Å². The molecule has 2 rings (SSSR count). The summed E-state index contributed by atoms with van der Waals surface area (Å²) >= 11 is 0. The Morgan fingerprint density at radius 1 is 1.35 bits per heavy atom. The van der Waals surface area contributed by atoms with Gasteiger partial charge in [-0.1, -0.05) is 13.3 Å². The minimum atomic E-state index is -0.778. The molecule has 0 spiro atoms. The number of piperidine rings is 2. The van der Waals surface area contributed by atoms with Gasteiger partial charge in [-0.25, -0.2) is 0 Å². The zero-order valence-electron chi connectivity index (χ0n) is 12.7. The summed E-state index contributed by atoms with van der Waals surface area (Å²) in [5.74, 6) is -1.18. The van der Waals surface area contributed by atoms with E-state index in [9.17, 15) is 14.7 Å². The molecule has 20 heavy (non-hydrogen) atoms. The number of likely N-dealkylation sites (N-methyl/N-ethyl adjacent to an activating group) is 1. The second-order valence-corrected chi connectivity index (χ2v) is 6.46. The van der Waals surface area contributed by atoms with Crippen LogP contribution in [0.15, 0.2) is 0 Å². The molecule has 0 saturated carbocycles. The number of aliphatic carboxylic acids is 1. The summed E-state index contributed by atoms with van der Waals surface area (Å²) in [7, 11) is 2.10. The number of nitrogens with zero attached hydrogens (tertiary/aromatic N) is 2. The SMILES string of the molecule is CC1CC(=O)N(CC2CCCCN2C)C(C)C1C(=O)O. The van der Waals surface area contributed by atoms with Gasteiger partial charge in [0.1, 0.15) is 0 Å². The molecule has 2 aliphatic heterocycles. The molecule has 114 valence electrons. The number of hydrogen-bond donors (Lipinski definition) is 1. The smallest absolute Gasteiger partial charge is 0.308 e. The molecule has 5 heteroatoms. The highest BCUT2D eigenvalue weighted by Crippen LogP contribution is 2.31. The molecule has 0 bridgehead atoms. The highest BCUT2D eigenvalue weighted by atomic mass is 16.4. The zero-order valence-corrected chi connectivity index (χ0v) is 12.7. The number of carbonyl (C=O) groups excluding carboxylic acids is 1. The van der Waals surface area contributed by atoms with Gasteiger partial charge in [0.2, 0.25) is 5.91 Å². The van der Waals surface area contributed by atoms with Gasteiger partial charge in [0.25, 0.3) is 0 Å². The van der Waals surface area contributed by atoms with Crippen LogP contribution >= 0.6 is 0 Å². The van der Waals surface area contributed by atoms with Crippen LogP contribution in [0, 0.1) is 11.8 Å². The van der Waals surface area contributed by atoms with Crippen LogP contribution < -0.4 is 0 Å². The predicted octanol–water partition coefficient (Wildman–Crippen LogP) is 1.43. The first kappa shape index (κ1) is 15.3. The molecule has 2 aliphatic rings. The van der Waals surface area contributed by atoms with Crippen LogP contribution in [-0.2, 0) is 9.59 Å². The Balaban J connectivity index is 2.08. The van der Waals surface area contributed by atoms with Crippen molar-refractivity contribution in [2.24, 2.45) is 11.8 Å². The third kappa shape index (κ3) is 2.97. The van der Waals surface area contributed by atoms with Crippen LogP contribution in [0.2, 0.25) is 0 Å². The monoisotopic (exact) mass is 282 g/mol. The number of hydrogen-bond acceptors (Lipinski definition) is 3. The van der Waals surface area contributed by atoms with E-state index in [2.05, 4.69) is 11.9 Å². The highest BCUT2D eigenvalue weighted by molar-refractivity contribution is 5.81. The normalized spacial score (nSPS) is 36.1. The van der Waals surface area contributed by atoms with Crippen LogP contribution in [0.1, 0.15) is 39.5 Å². The molecular weight excluding hydrogens is 256 g/mol. The maximum absolute atomic E-state index is 12.3. The van der Waals surface area contributed by atoms with Crippen LogP contribution in [0.4, 0.5) is 0 Å². The van der Waals surface area contributed by atoms with Crippen molar-refractivity contribution in [3.8, 4) is 0 Å². The lowest BCUT2D eigenvalue weighted by Gasteiger charge is -2.44. The summed E-state index contributed by atoms with van der Waals surface area (Å²) in [5, 5.41) is 9.39. The first-order valence-electron chi connectivity index (χ1n) is 7.64. The number of amides is 1. The van der Waals surface area contributed by atoms with Gasteiger partial charge in [-0.3, -0.25) is 9.59 Å². The Kier molecular flexibility index (Phi) is 4.68. The fourth-order valence-corrected chi connectivity index (χ4v) is 3.74. The van der Waals surface area contributed by atoms with Crippen LogP contribution in [0.5, 0.6) is 0 Å². The first-order valence-corrected chi connectivity index (χ1v) is 7.64. The number of likely N-dealkylation sites (tertiary alicyclic amines) is 2. The molecule has 4 atom stereocenters. The van der Waals surface area contributed by atoms with Gasteiger partial charge in [0, 0.05) is 25.0 Å². The quantitative estimate of drug-likeness (QED) is 0.850. The van der Waals surface area contributed by atoms with Crippen molar-refractivity contribution in [1.29, 1.82) is 0 Å². The van der Waals surface area contributed by atoms with Crippen molar-refractivity contribution in [3.05, 3.63) is 0 Å². The predicted molar refractivity (Wildman–Crippen MR) is 76.4 cm³/mol. The summed E-state index contributed by atoms with van der Waals surface area (Å²) < 4.78 is 0. The zero-order chi connectivity index (χ0) is 14.9. The van der Waals surface area contributed by atoms with Crippen LogP contribution in [0.25, 0.3) is 0 Å². The lowest BCUT2D eigenvalue weighted by molar-refractivity contribution is -0.155. The van der Waals surface area contributed by atoms with E-state index in [-0.39, 0.29) is 17.9 Å². The molecule has 5 nitrogen and oxygen atoms in total. The van der Waals surface area contributed by atoms with E-state index in [4.69, 9.17) is 0 Å². The molecule has 0 aliphatic carbocycles. The second-order valence-electron chi connectivity index (χ2n) is 6.46. The topological polar surface area (TPSA) is 60.9 Å². The second kappa shape index (κ2) is 6.12. The van der Waals surface area contributed by atoms with Gasteiger partial charge < -0.3 is 14.9 Å². The molecular formula is C15H26N2O3. The molecule has 2 saturated heterocycles. The number of carbonyl (C=O) groups is 2. The van der Waals surface area contributed by atoms with Gasteiger partial charge in [-0.05, 0) is 39.3 Å². The van der Waals surface area contributed by atoms with Crippen molar-refractivity contribution in [2.75, 3.05) is 20.1 Å². The van der Waals surface area contributed by atoms with Crippen LogP contribution in [-0.4, -0.2) is 59.0 Å². The van der Waals surface area contributed by atoms with E-state index >= 15 is 0 Å². The minimum Gasteiger partial charge on any atom is -0.481 e. The van der Waals surface area contributed by atoms with Crippen molar-refractivity contribution < 1.29 is 14.7 Å². The largest absolute Gasteiger partial charge is 0.481 e. The lowest BCUT2D eigenvalue weighted by Crippen LogP contribution is -2.56. The van der Waals surface area contributed by atoms with Crippen LogP contribution in [0.3, 0.4) is 0 Å². The summed E-state index contributed by atoms with van der Waals surface area (Å²) in [5.41, 5.74) is 0. The van der Waals surface area contributed by atoms with Gasteiger partial charge >= 0.3 is 5.97 Å².